The third-order valence-electron chi connectivity index (χ3n) is 5.57. The summed E-state index contributed by atoms with van der Waals surface area (Å²) < 4.78 is 26.3. The molecule has 0 radical (unpaired) electrons. The quantitative estimate of drug-likeness (QED) is 0.457. The van der Waals surface area contributed by atoms with E-state index in [0.717, 1.165) is 12.6 Å². The van der Waals surface area contributed by atoms with E-state index in [4.69, 9.17) is 9.47 Å². The van der Waals surface area contributed by atoms with Crippen molar-refractivity contribution in [1.29, 1.82) is 0 Å². The number of nitrogens with zero attached hydrogens (tertiary/aromatic N) is 6. The maximum absolute atomic E-state index is 14.4. The number of hydrazine groups is 1. The summed E-state index contributed by atoms with van der Waals surface area (Å²) in [5.74, 6) is -0.408. The van der Waals surface area contributed by atoms with Crippen LogP contribution < -0.4 is 15.3 Å². The number of anilines is 2. The molecule has 1 atom stereocenters. The molecule has 1 aliphatic rings. The lowest BCUT2D eigenvalue weighted by Gasteiger charge is -2.31. The van der Waals surface area contributed by atoms with Gasteiger partial charge in [-0.05, 0) is 47.1 Å². The standard InChI is InChI=1S/C26H32FN7O4/c1-6-37-24(35)19-16-29-32-13-10-22(31-23(19)32)34-12-7-11-33(34)21-14-18(27)15-28-20(21)9-8-17(2)30-25(36)38-26(3,4)5/h8-10,13-17H,6-7,11-12H2,1-5H3,(H,30,36)/b9-8+/t17-/m1/s1. The SMILES string of the molecule is CCOC(=O)c1cnn2ccc(N3CCCN3c3cc(F)cnc3/C=C/[C@@H](C)NC(=O)OC(C)(C)C)nc12. The average Bonchev–Trinajstić information content (AvgIpc) is 3.49. The van der Waals surface area contributed by atoms with Gasteiger partial charge in [0, 0.05) is 37.5 Å². The van der Waals surface area contributed by atoms with Crippen LogP contribution in [0.15, 0.2) is 36.8 Å². The first-order valence-corrected chi connectivity index (χ1v) is 12.5. The van der Waals surface area contributed by atoms with Gasteiger partial charge in [-0.25, -0.2) is 23.5 Å². The highest BCUT2D eigenvalue weighted by Gasteiger charge is 2.27. The van der Waals surface area contributed by atoms with Gasteiger partial charge in [-0.1, -0.05) is 6.08 Å². The topological polar surface area (TPSA) is 114 Å². The molecule has 0 unspecified atom stereocenters. The molecule has 0 saturated carbocycles. The molecule has 0 aliphatic carbocycles. The number of alkyl carbamates (subject to hydrolysis) is 1. The van der Waals surface area contributed by atoms with Crippen LogP contribution in [0.5, 0.6) is 0 Å². The van der Waals surface area contributed by atoms with Gasteiger partial charge in [0.15, 0.2) is 11.5 Å². The Balaban J connectivity index is 1.60. The lowest BCUT2D eigenvalue weighted by Crippen LogP contribution is -2.38. The summed E-state index contributed by atoms with van der Waals surface area (Å²) in [6.45, 7) is 10.4. The summed E-state index contributed by atoms with van der Waals surface area (Å²) in [5, 5.41) is 10.8. The molecule has 12 heteroatoms. The monoisotopic (exact) mass is 525 g/mol. The van der Waals surface area contributed by atoms with Crippen LogP contribution in [0.3, 0.4) is 0 Å². The van der Waals surface area contributed by atoms with E-state index >= 15 is 0 Å². The third kappa shape index (κ3) is 6.18. The number of rotatable bonds is 7. The minimum absolute atomic E-state index is 0.241. The molecular weight excluding hydrogens is 493 g/mol. The predicted molar refractivity (Wildman–Crippen MR) is 140 cm³/mol. The van der Waals surface area contributed by atoms with Crippen molar-refractivity contribution in [3.8, 4) is 0 Å². The molecule has 0 aromatic carbocycles. The molecule has 4 rings (SSSR count). The molecule has 0 spiro atoms. The molecular formula is C26H32FN7O4. The number of carbonyl (C=O) groups excluding carboxylic acids is 2. The van der Waals surface area contributed by atoms with Crippen molar-refractivity contribution in [2.24, 2.45) is 0 Å². The summed E-state index contributed by atoms with van der Waals surface area (Å²) in [6, 6.07) is 2.84. The van der Waals surface area contributed by atoms with Crippen molar-refractivity contribution in [2.75, 3.05) is 29.7 Å². The number of hydrogen-bond donors (Lipinski definition) is 1. The highest BCUT2D eigenvalue weighted by atomic mass is 19.1. The molecule has 1 saturated heterocycles. The molecule has 1 fully saturated rings. The highest BCUT2D eigenvalue weighted by molar-refractivity contribution is 5.95. The fourth-order valence-electron chi connectivity index (χ4n) is 4.01. The number of ether oxygens (including phenoxy) is 2. The van der Waals surface area contributed by atoms with Crippen LogP contribution in [0.4, 0.5) is 20.7 Å². The molecule has 1 N–H and O–H groups in total. The summed E-state index contributed by atoms with van der Waals surface area (Å²) in [4.78, 5) is 33.4. The van der Waals surface area contributed by atoms with E-state index in [2.05, 4.69) is 20.4 Å². The van der Waals surface area contributed by atoms with Gasteiger partial charge in [0.1, 0.15) is 17.0 Å². The zero-order chi connectivity index (χ0) is 27.4. The van der Waals surface area contributed by atoms with Gasteiger partial charge in [0.2, 0.25) is 0 Å². The largest absolute Gasteiger partial charge is 0.462 e. The highest BCUT2D eigenvalue weighted by Crippen LogP contribution is 2.30. The second kappa shape index (κ2) is 11.0. The Kier molecular flexibility index (Phi) is 7.79. The van der Waals surface area contributed by atoms with E-state index < -0.39 is 23.5 Å². The van der Waals surface area contributed by atoms with Gasteiger partial charge >= 0.3 is 12.1 Å². The number of halogens is 1. The van der Waals surface area contributed by atoms with Crippen molar-refractivity contribution in [1.82, 2.24) is 24.9 Å². The van der Waals surface area contributed by atoms with Crippen LogP contribution in [0, 0.1) is 5.82 Å². The molecule has 3 aromatic heterocycles. The molecule has 38 heavy (non-hydrogen) atoms. The summed E-state index contributed by atoms with van der Waals surface area (Å²) in [7, 11) is 0. The molecule has 11 nitrogen and oxygen atoms in total. The van der Waals surface area contributed by atoms with E-state index in [1.54, 1.807) is 59.0 Å². The van der Waals surface area contributed by atoms with Gasteiger partial charge in [-0.2, -0.15) is 5.10 Å². The van der Waals surface area contributed by atoms with Gasteiger partial charge in [-0.3, -0.25) is 15.0 Å². The molecule has 3 aromatic rings. The number of hydrogen-bond acceptors (Lipinski definition) is 9. The normalized spacial score (nSPS) is 14.8. The number of pyridine rings is 1. The second-order valence-corrected chi connectivity index (χ2v) is 9.78. The summed E-state index contributed by atoms with van der Waals surface area (Å²) >= 11 is 0. The zero-order valence-electron chi connectivity index (χ0n) is 22.1. The van der Waals surface area contributed by atoms with Gasteiger partial charge in [0.25, 0.3) is 0 Å². The van der Waals surface area contributed by atoms with Crippen LogP contribution in [0.25, 0.3) is 11.7 Å². The van der Waals surface area contributed by atoms with Crippen molar-refractivity contribution in [3.05, 3.63) is 53.9 Å². The number of amides is 1. The van der Waals surface area contributed by atoms with Crippen molar-refractivity contribution in [3.63, 3.8) is 0 Å². The zero-order valence-corrected chi connectivity index (χ0v) is 22.1. The molecule has 0 bridgehead atoms. The maximum atomic E-state index is 14.4. The van der Waals surface area contributed by atoms with Crippen LogP contribution in [-0.4, -0.2) is 63.0 Å². The number of esters is 1. The Morgan fingerprint density at radius 1 is 1.24 bits per heavy atom. The number of carbonyl (C=O) groups is 2. The Labute approximate surface area is 220 Å². The Morgan fingerprint density at radius 2 is 2.00 bits per heavy atom. The molecule has 4 heterocycles. The smallest absolute Gasteiger partial charge is 0.408 e. The Morgan fingerprint density at radius 3 is 2.74 bits per heavy atom. The number of nitrogens with one attached hydrogen (secondary N) is 1. The van der Waals surface area contributed by atoms with E-state index in [1.165, 1.54) is 16.8 Å². The molecule has 202 valence electrons. The van der Waals surface area contributed by atoms with Gasteiger partial charge in [-0.15, -0.1) is 0 Å². The van der Waals surface area contributed by atoms with Crippen molar-refractivity contribution < 1.29 is 23.5 Å². The first kappa shape index (κ1) is 26.8. The van der Waals surface area contributed by atoms with Crippen LogP contribution in [0.2, 0.25) is 0 Å². The van der Waals surface area contributed by atoms with E-state index in [-0.39, 0.29) is 18.2 Å². The van der Waals surface area contributed by atoms with Crippen molar-refractivity contribution >= 4 is 35.3 Å². The lowest BCUT2D eigenvalue weighted by molar-refractivity contribution is 0.0511. The third-order valence-corrected chi connectivity index (χ3v) is 5.57. The summed E-state index contributed by atoms with van der Waals surface area (Å²) in [5.41, 5.74) is 1.09. The van der Waals surface area contributed by atoms with Gasteiger partial charge in [0.05, 0.1) is 30.4 Å². The minimum atomic E-state index is -0.608. The number of fused-ring (bicyclic) bond motifs is 1. The van der Waals surface area contributed by atoms with Crippen LogP contribution in [-0.2, 0) is 9.47 Å². The predicted octanol–water partition coefficient (Wildman–Crippen LogP) is 4.00. The van der Waals surface area contributed by atoms with E-state index in [9.17, 15) is 14.0 Å². The fraction of sp³-hybridized carbons (Fsp3) is 0.423. The van der Waals surface area contributed by atoms with E-state index in [1.807, 2.05) is 10.0 Å². The molecule has 1 amide bonds. The fourth-order valence-corrected chi connectivity index (χ4v) is 4.01. The first-order valence-electron chi connectivity index (χ1n) is 12.5. The molecule has 1 aliphatic heterocycles. The second-order valence-electron chi connectivity index (χ2n) is 9.78. The maximum Gasteiger partial charge on any atom is 0.408 e. The Bertz CT molecular complexity index is 1350. The number of aromatic nitrogens is 4. The van der Waals surface area contributed by atoms with Crippen molar-refractivity contribution in [2.45, 2.75) is 52.7 Å². The van der Waals surface area contributed by atoms with Gasteiger partial charge < -0.3 is 14.8 Å². The van der Waals surface area contributed by atoms with Crippen LogP contribution in [0.1, 0.15) is 57.1 Å². The lowest BCUT2D eigenvalue weighted by atomic mass is 10.2. The minimum Gasteiger partial charge on any atom is -0.462 e. The van der Waals surface area contributed by atoms with E-state index in [0.29, 0.717) is 35.9 Å². The average molecular weight is 526 g/mol. The van der Waals surface area contributed by atoms with Crippen LogP contribution >= 0.6 is 0 Å². The first-order chi connectivity index (χ1) is 18.1. The Hall–Kier alpha value is -4.22. The summed E-state index contributed by atoms with van der Waals surface area (Å²) in [6.07, 6.45) is 8.06.